The lowest BCUT2D eigenvalue weighted by atomic mass is 10.0. The molecule has 2 heterocycles. The molecule has 8 nitrogen and oxygen atoms in total. The van der Waals surface area contributed by atoms with Gasteiger partial charge < -0.3 is 21.1 Å². The lowest BCUT2D eigenvalue weighted by Gasteiger charge is -2.47. The maximum absolute atomic E-state index is 13.6. The van der Waals surface area contributed by atoms with Crippen LogP contribution in [0.25, 0.3) is 0 Å². The molecule has 0 saturated carbocycles. The Morgan fingerprint density at radius 1 is 1.15 bits per heavy atom. The van der Waals surface area contributed by atoms with Gasteiger partial charge in [0, 0.05) is 36.9 Å². The average Bonchev–Trinajstić information content (AvgIpc) is 3.39. The van der Waals surface area contributed by atoms with Crippen LogP contribution in [0.1, 0.15) is 75.7 Å². The van der Waals surface area contributed by atoms with E-state index in [2.05, 4.69) is 36.7 Å². The molecule has 10 heteroatoms. The number of nitrogens with one attached hydrogen (secondary N) is 3. The average molecular weight is 581 g/mol. The van der Waals surface area contributed by atoms with Gasteiger partial charge in [0.1, 0.15) is 0 Å². The van der Waals surface area contributed by atoms with Gasteiger partial charge in [-0.05, 0) is 86.0 Å². The van der Waals surface area contributed by atoms with Gasteiger partial charge in [0.15, 0.2) is 0 Å². The van der Waals surface area contributed by atoms with E-state index in [4.69, 9.17) is 0 Å². The van der Waals surface area contributed by atoms with Crippen molar-refractivity contribution in [1.29, 1.82) is 0 Å². The molecule has 1 aliphatic heterocycles. The Labute approximate surface area is 240 Å². The first-order valence-electron chi connectivity index (χ1n) is 14.2. The Kier molecular flexibility index (Phi) is 12.4. The Balaban J connectivity index is 1.75. The normalized spacial score (nSPS) is 18.4. The maximum Gasteiger partial charge on any atom is 0.251 e. The van der Waals surface area contributed by atoms with E-state index in [9.17, 15) is 19.0 Å². The molecule has 3 atom stereocenters. The topological polar surface area (TPSA) is 117 Å². The summed E-state index contributed by atoms with van der Waals surface area (Å²) in [6.07, 6.45) is 4.75. The van der Waals surface area contributed by atoms with E-state index in [1.807, 2.05) is 29.8 Å². The first-order chi connectivity index (χ1) is 18.6. The van der Waals surface area contributed by atoms with Gasteiger partial charge in [0.25, 0.3) is 5.91 Å². The summed E-state index contributed by atoms with van der Waals surface area (Å²) >= 11 is 1.59. The second-order valence-electron chi connectivity index (χ2n) is 11.1. The molecule has 1 aliphatic rings. The van der Waals surface area contributed by atoms with Crippen LogP contribution >= 0.6 is 22.1 Å². The quantitative estimate of drug-likeness (QED) is 0.154. The van der Waals surface area contributed by atoms with Crippen LogP contribution in [-0.4, -0.2) is 63.7 Å². The predicted molar refractivity (Wildman–Crippen MR) is 166 cm³/mol. The molecule has 0 radical (unpaired) electrons. The van der Waals surface area contributed by atoms with Crippen molar-refractivity contribution in [1.82, 2.24) is 10.6 Å². The smallest absolute Gasteiger partial charge is 0.251 e. The molecule has 1 unspecified atom stereocenters. The van der Waals surface area contributed by atoms with Gasteiger partial charge in [-0.15, -0.1) is 10.8 Å². The van der Waals surface area contributed by atoms with E-state index >= 15 is 0 Å². The van der Waals surface area contributed by atoms with Crippen LogP contribution < -0.4 is 20.3 Å². The summed E-state index contributed by atoms with van der Waals surface area (Å²) in [5.74, 6) is 0.716. The Bertz CT molecular complexity index is 1020. The van der Waals surface area contributed by atoms with Crippen LogP contribution in [0.2, 0.25) is 0 Å². The summed E-state index contributed by atoms with van der Waals surface area (Å²) in [5, 5.41) is 25.0. The molecular weight excluding hydrogens is 532 g/mol. The number of aliphatic hydroxyl groups is 1. The van der Waals surface area contributed by atoms with Crippen LogP contribution in [0.5, 0.6) is 0 Å². The molecule has 2 aromatic rings. The van der Waals surface area contributed by atoms with Crippen molar-refractivity contribution in [2.24, 2.45) is 5.92 Å². The van der Waals surface area contributed by atoms with Crippen molar-refractivity contribution < 1.29 is 19.0 Å². The summed E-state index contributed by atoms with van der Waals surface area (Å²) in [7, 11) is -2.92. The minimum Gasteiger partial charge on any atom is -0.390 e. The number of aliphatic hydroxyl groups excluding tert-OH is 1. The third kappa shape index (κ3) is 9.95. The van der Waals surface area contributed by atoms with Gasteiger partial charge >= 0.3 is 0 Å². The highest BCUT2D eigenvalue weighted by Gasteiger charge is 2.29. The highest BCUT2D eigenvalue weighted by molar-refractivity contribution is 8.25. The number of rotatable bonds is 15. The summed E-state index contributed by atoms with van der Waals surface area (Å²) in [6, 6.07) is 7.18. The zero-order valence-corrected chi connectivity index (χ0v) is 25.5. The molecule has 3 rings (SSSR count). The van der Waals surface area contributed by atoms with Gasteiger partial charge in [-0.25, -0.2) is 0 Å². The van der Waals surface area contributed by atoms with Crippen molar-refractivity contribution in [3.05, 3.63) is 46.2 Å². The van der Waals surface area contributed by atoms with Crippen LogP contribution in [-0.2, 0) is 6.42 Å². The standard InChI is InChI=1S/C29H48N4O4S2/c1-5-30-25-16-24(17-26(18-25)33-12-6-7-14-39(33,36)37)29(35)32-27(15-23-11-13-38-20-23)28(34)19-31-22(4)10-8-9-21(2)3/h11,13,16-18,20-22,27-28,30-31,34,36-37H,5-10,12,14-15,19H2,1-4H3,(H,32,35)/t22?,27-,28-/m0/s1. The third-order valence-corrected chi connectivity index (χ3v) is 9.81. The molecule has 1 fully saturated rings. The lowest BCUT2D eigenvalue weighted by Crippen LogP contribution is -2.49. The van der Waals surface area contributed by atoms with Crippen LogP contribution in [0.15, 0.2) is 35.0 Å². The minimum atomic E-state index is -2.92. The van der Waals surface area contributed by atoms with Crippen molar-refractivity contribution in [2.45, 2.75) is 84.4 Å². The molecule has 1 saturated heterocycles. The highest BCUT2D eigenvalue weighted by Crippen LogP contribution is 2.50. The zero-order chi connectivity index (χ0) is 28.4. The number of hydrogen-bond donors (Lipinski definition) is 6. The zero-order valence-electron chi connectivity index (χ0n) is 23.9. The molecule has 1 aromatic heterocycles. The predicted octanol–water partition coefficient (Wildman–Crippen LogP) is 5.95. The van der Waals surface area contributed by atoms with E-state index in [0.717, 1.165) is 36.9 Å². The Hall–Kier alpha value is -1.82. The van der Waals surface area contributed by atoms with Gasteiger partial charge in [0.05, 0.1) is 23.6 Å². The minimum absolute atomic E-state index is 0.277. The van der Waals surface area contributed by atoms with Crippen LogP contribution in [0.4, 0.5) is 11.4 Å². The Morgan fingerprint density at radius 2 is 1.95 bits per heavy atom. The summed E-state index contributed by atoms with van der Waals surface area (Å²) in [5.41, 5.74) is 2.85. The van der Waals surface area contributed by atoms with Gasteiger partial charge in [0.2, 0.25) is 0 Å². The summed E-state index contributed by atoms with van der Waals surface area (Å²) in [6.45, 7) is 10.2. The number of hydrogen-bond acceptors (Lipinski definition) is 8. The van der Waals surface area contributed by atoms with E-state index in [1.165, 1.54) is 6.42 Å². The maximum atomic E-state index is 13.6. The van der Waals surface area contributed by atoms with E-state index in [-0.39, 0.29) is 11.9 Å². The lowest BCUT2D eigenvalue weighted by molar-refractivity contribution is 0.0825. The van der Waals surface area contributed by atoms with Gasteiger partial charge in [-0.3, -0.25) is 18.2 Å². The number of benzene rings is 1. The molecule has 0 aliphatic carbocycles. The number of thiophene rings is 1. The summed E-state index contributed by atoms with van der Waals surface area (Å²) < 4.78 is 23.0. The fraction of sp³-hybridized carbons (Fsp3) is 0.621. The first-order valence-corrected chi connectivity index (χ1v) is 16.9. The Morgan fingerprint density at radius 3 is 2.62 bits per heavy atom. The second-order valence-corrected chi connectivity index (χ2v) is 14.0. The largest absolute Gasteiger partial charge is 0.390 e. The van der Waals surface area contributed by atoms with E-state index in [1.54, 1.807) is 27.8 Å². The van der Waals surface area contributed by atoms with Crippen molar-refractivity contribution in [2.75, 3.05) is 35.0 Å². The number of nitrogens with zero attached hydrogens (tertiary/aromatic N) is 1. The van der Waals surface area contributed by atoms with Crippen molar-refractivity contribution in [3.63, 3.8) is 0 Å². The van der Waals surface area contributed by atoms with Crippen LogP contribution in [0.3, 0.4) is 0 Å². The van der Waals surface area contributed by atoms with Crippen molar-refractivity contribution in [3.8, 4) is 0 Å². The number of anilines is 2. The van der Waals surface area contributed by atoms with E-state index in [0.29, 0.717) is 49.0 Å². The molecule has 39 heavy (non-hydrogen) atoms. The van der Waals surface area contributed by atoms with Gasteiger partial charge in [-0.2, -0.15) is 11.3 Å². The fourth-order valence-electron chi connectivity index (χ4n) is 4.89. The molecule has 1 amide bonds. The fourth-order valence-corrected chi connectivity index (χ4v) is 7.25. The molecular formula is C29H48N4O4S2. The molecule has 220 valence electrons. The SMILES string of the molecule is CCNc1cc(C(=O)N[C@@H](Cc2ccsc2)[C@@H](O)CNC(C)CCCC(C)C)cc(N2CCCCS2(O)O)c1. The molecule has 0 bridgehead atoms. The number of carbonyl (C=O) groups excluding carboxylic acids is 1. The number of carbonyl (C=O) groups is 1. The summed E-state index contributed by atoms with van der Waals surface area (Å²) in [4.78, 5) is 13.6. The van der Waals surface area contributed by atoms with E-state index < -0.39 is 22.9 Å². The molecule has 1 aromatic carbocycles. The number of amides is 1. The van der Waals surface area contributed by atoms with Gasteiger partial charge in [-0.1, -0.05) is 26.7 Å². The molecule has 6 N–H and O–H groups in total. The monoisotopic (exact) mass is 580 g/mol. The first kappa shape index (κ1) is 31.7. The second kappa shape index (κ2) is 15.3. The molecule has 0 spiro atoms. The van der Waals surface area contributed by atoms with Crippen LogP contribution in [0, 0.1) is 5.92 Å². The third-order valence-electron chi connectivity index (χ3n) is 7.14. The van der Waals surface area contributed by atoms with Crippen molar-refractivity contribution >= 4 is 39.4 Å². The highest BCUT2D eigenvalue weighted by atomic mass is 32.3.